The third-order valence-corrected chi connectivity index (χ3v) is 3.42. The van der Waals surface area contributed by atoms with E-state index in [1.807, 2.05) is 0 Å². The summed E-state index contributed by atoms with van der Waals surface area (Å²) in [6, 6.07) is 0. The van der Waals surface area contributed by atoms with Crippen LogP contribution in [0.2, 0.25) is 0 Å². The molecule has 0 aromatic carbocycles. The van der Waals surface area contributed by atoms with Gasteiger partial charge in [0.05, 0.1) is 6.42 Å². The standard InChI is InChI=1S/C10H16O3/c11-9(12)6-10(3-4-10)8-2-1-5-13-7-8/h8H,1-7H2,(H,11,12). The molecule has 13 heavy (non-hydrogen) atoms. The third kappa shape index (κ3) is 1.85. The van der Waals surface area contributed by atoms with Crippen molar-refractivity contribution in [2.24, 2.45) is 11.3 Å². The van der Waals surface area contributed by atoms with Gasteiger partial charge in [0.15, 0.2) is 0 Å². The van der Waals surface area contributed by atoms with Crippen molar-refractivity contribution in [3.05, 3.63) is 0 Å². The molecule has 3 nitrogen and oxygen atoms in total. The summed E-state index contributed by atoms with van der Waals surface area (Å²) in [6.45, 7) is 1.65. The van der Waals surface area contributed by atoms with Gasteiger partial charge in [0.1, 0.15) is 0 Å². The Kier molecular flexibility index (Phi) is 2.28. The normalized spacial score (nSPS) is 31.2. The summed E-state index contributed by atoms with van der Waals surface area (Å²) in [6.07, 6.45) is 4.79. The van der Waals surface area contributed by atoms with Crippen LogP contribution in [-0.4, -0.2) is 24.3 Å². The van der Waals surface area contributed by atoms with Crippen molar-refractivity contribution in [2.45, 2.75) is 32.1 Å². The molecule has 0 radical (unpaired) electrons. The van der Waals surface area contributed by atoms with Crippen LogP contribution in [0.25, 0.3) is 0 Å². The SMILES string of the molecule is O=C(O)CC1(C2CCCOC2)CC1. The van der Waals surface area contributed by atoms with E-state index in [0.29, 0.717) is 12.3 Å². The van der Waals surface area contributed by atoms with Crippen molar-refractivity contribution in [1.29, 1.82) is 0 Å². The summed E-state index contributed by atoms with van der Waals surface area (Å²) in [7, 11) is 0. The van der Waals surface area contributed by atoms with Gasteiger partial charge >= 0.3 is 5.97 Å². The second-order valence-electron chi connectivity index (χ2n) is 4.35. The van der Waals surface area contributed by atoms with Crippen LogP contribution >= 0.6 is 0 Å². The maximum absolute atomic E-state index is 10.7. The predicted molar refractivity (Wildman–Crippen MR) is 47.5 cm³/mol. The van der Waals surface area contributed by atoms with Crippen molar-refractivity contribution in [2.75, 3.05) is 13.2 Å². The van der Waals surface area contributed by atoms with Gasteiger partial charge in [-0.25, -0.2) is 0 Å². The fraction of sp³-hybridized carbons (Fsp3) is 0.900. The minimum absolute atomic E-state index is 0.117. The summed E-state index contributed by atoms with van der Waals surface area (Å²) < 4.78 is 5.40. The molecule has 0 amide bonds. The average molecular weight is 184 g/mol. The molecule has 1 saturated carbocycles. The molecule has 1 N–H and O–H groups in total. The van der Waals surface area contributed by atoms with E-state index in [9.17, 15) is 4.79 Å². The first kappa shape index (κ1) is 9.00. The van der Waals surface area contributed by atoms with E-state index in [1.54, 1.807) is 0 Å². The second-order valence-corrected chi connectivity index (χ2v) is 4.35. The van der Waals surface area contributed by atoms with Gasteiger partial charge in [-0.15, -0.1) is 0 Å². The zero-order valence-corrected chi connectivity index (χ0v) is 7.79. The summed E-state index contributed by atoms with van der Waals surface area (Å²) >= 11 is 0. The topological polar surface area (TPSA) is 46.5 Å². The van der Waals surface area contributed by atoms with E-state index >= 15 is 0 Å². The van der Waals surface area contributed by atoms with Crippen LogP contribution in [0.4, 0.5) is 0 Å². The molecule has 0 aromatic rings. The van der Waals surface area contributed by atoms with Gasteiger partial charge in [-0.1, -0.05) is 0 Å². The molecule has 74 valence electrons. The molecule has 1 heterocycles. The minimum Gasteiger partial charge on any atom is -0.481 e. The molecule has 1 aliphatic carbocycles. The van der Waals surface area contributed by atoms with Crippen LogP contribution in [-0.2, 0) is 9.53 Å². The lowest BCUT2D eigenvalue weighted by Gasteiger charge is -2.29. The number of aliphatic carboxylic acids is 1. The smallest absolute Gasteiger partial charge is 0.303 e. The quantitative estimate of drug-likeness (QED) is 0.725. The Bertz CT molecular complexity index is 202. The van der Waals surface area contributed by atoms with Gasteiger partial charge in [0, 0.05) is 13.2 Å². The number of carboxylic acid groups (broad SMARTS) is 1. The van der Waals surface area contributed by atoms with Crippen LogP contribution in [0.1, 0.15) is 32.1 Å². The van der Waals surface area contributed by atoms with E-state index in [4.69, 9.17) is 9.84 Å². The van der Waals surface area contributed by atoms with Crippen LogP contribution in [0.15, 0.2) is 0 Å². The summed E-state index contributed by atoms with van der Waals surface area (Å²) in [5.41, 5.74) is 0.117. The van der Waals surface area contributed by atoms with Gasteiger partial charge in [0.25, 0.3) is 0 Å². The molecule has 2 aliphatic rings. The highest BCUT2D eigenvalue weighted by atomic mass is 16.5. The first-order valence-corrected chi connectivity index (χ1v) is 5.02. The maximum atomic E-state index is 10.7. The summed E-state index contributed by atoms with van der Waals surface area (Å²) in [5, 5.41) is 8.78. The zero-order valence-electron chi connectivity index (χ0n) is 7.79. The van der Waals surface area contributed by atoms with Crippen molar-refractivity contribution in [1.82, 2.24) is 0 Å². The Morgan fingerprint density at radius 2 is 2.31 bits per heavy atom. The minimum atomic E-state index is -0.650. The van der Waals surface area contributed by atoms with Crippen LogP contribution < -0.4 is 0 Å². The molecule has 2 fully saturated rings. The molecule has 0 spiro atoms. The van der Waals surface area contributed by atoms with Crippen LogP contribution in [0.5, 0.6) is 0 Å². The lowest BCUT2D eigenvalue weighted by Crippen LogP contribution is -2.28. The highest BCUT2D eigenvalue weighted by Gasteiger charge is 2.50. The Hall–Kier alpha value is -0.570. The Balaban J connectivity index is 1.93. The number of carbonyl (C=O) groups is 1. The maximum Gasteiger partial charge on any atom is 0.303 e. The monoisotopic (exact) mass is 184 g/mol. The summed E-state index contributed by atoms with van der Waals surface area (Å²) in [5.74, 6) is -0.138. The van der Waals surface area contributed by atoms with Gasteiger partial charge in [0.2, 0.25) is 0 Å². The first-order valence-electron chi connectivity index (χ1n) is 5.02. The fourth-order valence-electron chi connectivity index (χ4n) is 2.41. The number of rotatable bonds is 3. The molecule has 3 heteroatoms. The largest absolute Gasteiger partial charge is 0.481 e. The predicted octanol–water partition coefficient (Wildman–Crippen LogP) is 1.67. The molecule has 1 aliphatic heterocycles. The number of hydrogen-bond acceptors (Lipinski definition) is 2. The highest BCUT2D eigenvalue weighted by molar-refractivity contribution is 5.68. The molecule has 1 saturated heterocycles. The van der Waals surface area contributed by atoms with E-state index < -0.39 is 5.97 Å². The second kappa shape index (κ2) is 3.29. The van der Waals surface area contributed by atoms with Gasteiger partial charge in [-0.2, -0.15) is 0 Å². The lowest BCUT2D eigenvalue weighted by molar-refractivity contribution is -0.139. The highest BCUT2D eigenvalue weighted by Crippen LogP contribution is 2.56. The van der Waals surface area contributed by atoms with E-state index in [1.165, 1.54) is 0 Å². The van der Waals surface area contributed by atoms with Crippen molar-refractivity contribution < 1.29 is 14.6 Å². The van der Waals surface area contributed by atoms with E-state index in [0.717, 1.165) is 38.9 Å². The fourth-order valence-corrected chi connectivity index (χ4v) is 2.41. The molecular weight excluding hydrogens is 168 g/mol. The third-order valence-electron chi connectivity index (χ3n) is 3.42. The first-order chi connectivity index (χ1) is 6.23. The van der Waals surface area contributed by atoms with E-state index in [2.05, 4.69) is 0 Å². The van der Waals surface area contributed by atoms with Gasteiger partial charge in [-0.3, -0.25) is 4.79 Å². The van der Waals surface area contributed by atoms with Crippen molar-refractivity contribution >= 4 is 5.97 Å². The molecule has 0 bridgehead atoms. The molecule has 1 unspecified atom stereocenters. The number of ether oxygens (including phenoxy) is 1. The zero-order chi connectivity index (χ0) is 9.31. The van der Waals surface area contributed by atoms with Crippen LogP contribution in [0, 0.1) is 11.3 Å². The Morgan fingerprint density at radius 1 is 1.54 bits per heavy atom. The lowest BCUT2D eigenvalue weighted by atomic mass is 9.82. The van der Waals surface area contributed by atoms with Gasteiger partial charge < -0.3 is 9.84 Å². The average Bonchev–Trinajstić information content (AvgIpc) is 2.86. The van der Waals surface area contributed by atoms with Crippen LogP contribution in [0.3, 0.4) is 0 Å². The molecular formula is C10H16O3. The van der Waals surface area contributed by atoms with E-state index in [-0.39, 0.29) is 5.41 Å². The van der Waals surface area contributed by atoms with Crippen molar-refractivity contribution in [3.63, 3.8) is 0 Å². The molecule has 2 rings (SSSR count). The Morgan fingerprint density at radius 3 is 2.77 bits per heavy atom. The van der Waals surface area contributed by atoms with Crippen molar-refractivity contribution in [3.8, 4) is 0 Å². The number of hydrogen-bond donors (Lipinski definition) is 1. The Labute approximate surface area is 78.1 Å². The number of carboxylic acids is 1. The molecule has 1 atom stereocenters. The summed E-state index contributed by atoms with van der Waals surface area (Å²) in [4.78, 5) is 10.7. The molecule has 0 aromatic heterocycles. The van der Waals surface area contributed by atoms with Gasteiger partial charge in [-0.05, 0) is 37.0 Å².